The molecular formula is C29H34N2O5S. The molecule has 0 radical (unpaired) electrons. The number of hydrogen-bond donors (Lipinski definition) is 2. The molecule has 0 amide bonds. The van der Waals surface area contributed by atoms with Crippen molar-refractivity contribution >= 4 is 29.8 Å². The molecule has 0 bridgehead atoms. The monoisotopic (exact) mass is 522 g/mol. The number of thiophene rings is 1. The molecule has 0 spiro atoms. The van der Waals surface area contributed by atoms with Crippen LogP contribution in [-0.2, 0) is 22.5 Å². The number of ether oxygens (including phenoxy) is 2. The van der Waals surface area contributed by atoms with Gasteiger partial charge in [-0.1, -0.05) is 42.5 Å². The minimum atomic E-state index is -0.897. The summed E-state index contributed by atoms with van der Waals surface area (Å²) in [6.45, 7) is 3.20. The average Bonchev–Trinajstić information content (AvgIpc) is 3.43. The van der Waals surface area contributed by atoms with Gasteiger partial charge in [0.1, 0.15) is 17.8 Å². The van der Waals surface area contributed by atoms with Crippen LogP contribution in [0.1, 0.15) is 46.1 Å². The standard InChI is InChI=1S/C23H25NO5.C6H9NS/c1-17(28-2)22(24-15-18-6-4-3-5-7-18)12-13-29-21-10-8-19(9-11-23(26)27)20(14-21)16-25;1-7-5-6-3-2-4-8-6/h3-8,10,14-16H,9,11-13H2,1-2H3,(H,26,27);2-4,7H,5H2,1H3/b22-17-,24-15?;. The SMILES string of the molecule is CNCc1cccs1.CO/C(C)=C(/CCOc1ccc(CCC(=O)O)c(C=O)c1)N=Cc1ccccc1. The number of aldehydes is 1. The molecule has 0 saturated heterocycles. The topological polar surface area (TPSA) is 97.2 Å². The third-order valence-corrected chi connectivity index (χ3v) is 6.15. The summed E-state index contributed by atoms with van der Waals surface area (Å²) in [4.78, 5) is 28.0. The number of carboxylic acids is 1. The van der Waals surface area contributed by atoms with Gasteiger partial charge in [0.2, 0.25) is 0 Å². The summed E-state index contributed by atoms with van der Waals surface area (Å²) in [5.74, 6) is 0.358. The van der Waals surface area contributed by atoms with E-state index in [0.29, 0.717) is 48.4 Å². The molecule has 0 fully saturated rings. The second kappa shape index (κ2) is 16.8. The summed E-state index contributed by atoms with van der Waals surface area (Å²) in [7, 11) is 3.56. The molecule has 0 unspecified atom stereocenters. The summed E-state index contributed by atoms with van der Waals surface area (Å²) >= 11 is 1.78. The number of benzene rings is 2. The van der Waals surface area contributed by atoms with Gasteiger partial charge in [-0.25, -0.2) is 0 Å². The molecule has 2 N–H and O–H groups in total. The fraction of sp³-hybridized carbons (Fsp3) is 0.276. The van der Waals surface area contributed by atoms with Gasteiger partial charge in [0.25, 0.3) is 0 Å². The van der Waals surface area contributed by atoms with Crippen molar-refractivity contribution in [1.82, 2.24) is 5.32 Å². The Morgan fingerprint density at radius 3 is 2.51 bits per heavy atom. The van der Waals surface area contributed by atoms with Crippen molar-refractivity contribution in [3.05, 3.63) is 99.1 Å². The Kier molecular flexibility index (Phi) is 13.4. The number of aliphatic carboxylic acids is 1. The van der Waals surface area contributed by atoms with Gasteiger partial charge >= 0.3 is 5.97 Å². The highest BCUT2D eigenvalue weighted by molar-refractivity contribution is 7.09. The number of nitrogens with one attached hydrogen (secondary N) is 1. The normalized spacial score (nSPS) is 11.3. The average molecular weight is 523 g/mol. The van der Waals surface area contributed by atoms with Crippen molar-refractivity contribution in [2.75, 3.05) is 20.8 Å². The first-order valence-electron chi connectivity index (χ1n) is 11.9. The number of aliphatic imine (C=N–C) groups is 1. The van der Waals surface area contributed by atoms with Crippen molar-refractivity contribution in [1.29, 1.82) is 0 Å². The summed E-state index contributed by atoms with van der Waals surface area (Å²) in [6, 6.07) is 19.1. The fourth-order valence-electron chi connectivity index (χ4n) is 3.24. The molecule has 8 heteroatoms. The molecule has 0 aliphatic heterocycles. The van der Waals surface area contributed by atoms with Crippen LogP contribution >= 0.6 is 11.3 Å². The molecule has 37 heavy (non-hydrogen) atoms. The van der Waals surface area contributed by atoms with Gasteiger partial charge in [0.05, 0.1) is 19.4 Å². The van der Waals surface area contributed by atoms with E-state index in [0.717, 1.165) is 17.8 Å². The van der Waals surface area contributed by atoms with Gasteiger partial charge in [0.15, 0.2) is 0 Å². The van der Waals surface area contributed by atoms with E-state index in [-0.39, 0.29) is 6.42 Å². The van der Waals surface area contributed by atoms with E-state index in [4.69, 9.17) is 14.6 Å². The van der Waals surface area contributed by atoms with E-state index < -0.39 is 5.97 Å². The van der Waals surface area contributed by atoms with Gasteiger partial charge in [0, 0.05) is 36.0 Å². The van der Waals surface area contributed by atoms with Crippen molar-refractivity contribution in [2.45, 2.75) is 32.7 Å². The second-order valence-electron chi connectivity index (χ2n) is 7.96. The van der Waals surface area contributed by atoms with Crippen LogP contribution in [0.5, 0.6) is 5.75 Å². The number of carboxylic acid groups (broad SMARTS) is 1. The van der Waals surface area contributed by atoms with Crippen LogP contribution in [0, 0.1) is 0 Å². The zero-order valence-electron chi connectivity index (χ0n) is 21.5. The minimum absolute atomic E-state index is 0.0229. The number of carbonyl (C=O) groups excluding carboxylic acids is 1. The number of aryl methyl sites for hydroxylation is 1. The first-order valence-corrected chi connectivity index (χ1v) is 12.8. The second-order valence-corrected chi connectivity index (χ2v) is 8.99. The highest BCUT2D eigenvalue weighted by Crippen LogP contribution is 2.20. The molecule has 196 valence electrons. The molecule has 0 aliphatic carbocycles. The van der Waals surface area contributed by atoms with Gasteiger partial charge in [-0.15, -0.1) is 11.3 Å². The lowest BCUT2D eigenvalue weighted by molar-refractivity contribution is -0.136. The molecule has 1 heterocycles. The van der Waals surface area contributed by atoms with E-state index in [9.17, 15) is 9.59 Å². The van der Waals surface area contributed by atoms with Gasteiger partial charge in [-0.2, -0.15) is 0 Å². The zero-order chi connectivity index (χ0) is 26.9. The third-order valence-electron chi connectivity index (χ3n) is 5.27. The Morgan fingerprint density at radius 2 is 1.89 bits per heavy atom. The van der Waals surface area contributed by atoms with E-state index in [1.807, 2.05) is 44.3 Å². The Hall–Kier alpha value is -3.75. The Morgan fingerprint density at radius 1 is 1.11 bits per heavy atom. The van der Waals surface area contributed by atoms with E-state index in [2.05, 4.69) is 27.8 Å². The van der Waals surface area contributed by atoms with Crippen LogP contribution in [0.2, 0.25) is 0 Å². The smallest absolute Gasteiger partial charge is 0.303 e. The largest absolute Gasteiger partial charge is 0.500 e. The molecule has 7 nitrogen and oxygen atoms in total. The zero-order valence-corrected chi connectivity index (χ0v) is 22.3. The van der Waals surface area contributed by atoms with Crippen LogP contribution in [0.25, 0.3) is 0 Å². The number of methoxy groups -OCH3 is 1. The van der Waals surface area contributed by atoms with E-state index in [1.165, 1.54) is 4.88 Å². The third kappa shape index (κ3) is 11.2. The molecule has 1 aromatic heterocycles. The molecule has 3 aromatic rings. The quantitative estimate of drug-likeness (QED) is 0.169. The maximum absolute atomic E-state index is 11.3. The van der Waals surface area contributed by atoms with E-state index >= 15 is 0 Å². The molecule has 0 aliphatic rings. The Balaban J connectivity index is 0.000000510. The molecular weight excluding hydrogens is 488 g/mol. The maximum atomic E-state index is 11.3. The van der Waals surface area contributed by atoms with Crippen molar-refractivity contribution in [3.63, 3.8) is 0 Å². The first kappa shape index (κ1) is 29.5. The molecule has 2 aromatic carbocycles. The molecule has 0 atom stereocenters. The summed E-state index contributed by atoms with van der Waals surface area (Å²) in [6.07, 6.45) is 3.30. The fourth-order valence-corrected chi connectivity index (χ4v) is 3.95. The lowest BCUT2D eigenvalue weighted by Gasteiger charge is -2.11. The van der Waals surface area contributed by atoms with Gasteiger partial charge in [-0.3, -0.25) is 14.6 Å². The van der Waals surface area contributed by atoms with Crippen LogP contribution in [0.3, 0.4) is 0 Å². The minimum Gasteiger partial charge on any atom is -0.500 e. The lowest BCUT2D eigenvalue weighted by Crippen LogP contribution is -2.03. The van der Waals surface area contributed by atoms with Crippen molar-refractivity contribution < 1.29 is 24.2 Å². The summed E-state index contributed by atoms with van der Waals surface area (Å²) < 4.78 is 11.1. The number of hydrogen-bond acceptors (Lipinski definition) is 7. The summed E-state index contributed by atoms with van der Waals surface area (Å²) in [5, 5.41) is 14.0. The van der Waals surface area contributed by atoms with Crippen LogP contribution in [0.15, 0.2) is 82.5 Å². The number of carbonyl (C=O) groups is 2. The Labute approximate surface area is 222 Å². The van der Waals surface area contributed by atoms with Gasteiger partial charge < -0.3 is 19.9 Å². The van der Waals surface area contributed by atoms with E-state index in [1.54, 1.807) is 42.9 Å². The van der Waals surface area contributed by atoms with Crippen molar-refractivity contribution in [3.8, 4) is 5.75 Å². The maximum Gasteiger partial charge on any atom is 0.303 e. The van der Waals surface area contributed by atoms with Crippen LogP contribution in [0.4, 0.5) is 0 Å². The van der Waals surface area contributed by atoms with Crippen LogP contribution in [-0.4, -0.2) is 44.3 Å². The highest BCUT2D eigenvalue weighted by atomic mass is 32.1. The predicted octanol–water partition coefficient (Wildman–Crippen LogP) is 5.75. The number of rotatable bonds is 13. The molecule has 0 saturated carbocycles. The van der Waals surface area contributed by atoms with Crippen molar-refractivity contribution in [2.24, 2.45) is 4.99 Å². The first-order chi connectivity index (χ1) is 18.0. The Bertz CT molecular complexity index is 1160. The van der Waals surface area contributed by atoms with Crippen LogP contribution < -0.4 is 10.1 Å². The van der Waals surface area contributed by atoms with Gasteiger partial charge in [-0.05, 0) is 55.1 Å². The molecule has 3 rings (SSSR count). The number of nitrogens with zero attached hydrogens (tertiary/aromatic N) is 1. The number of allylic oxidation sites excluding steroid dienone is 1. The highest BCUT2D eigenvalue weighted by Gasteiger charge is 2.08. The predicted molar refractivity (Wildman–Crippen MR) is 149 cm³/mol. The lowest BCUT2D eigenvalue weighted by atomic mass is 10.0. The summed E-state index contributed by atoms with van der Waals surface area (Å²) in [5.41, 5.74) is 2.89.